The zero-order valence-corrected chi connectivity index (χ0v) is 13.7. The number of amides is 1. The molecule has 3 nitrogen and oxygen atoms in total. The van der Waals surface area contributed by atoms with Gasteiger partial charge in [0.1, 0.15) is 0 Å². The van der Waals surface area contributed by atoms with Crippen LogP contribution in [0.25, 0.3) is 5.57 Å². The van der Waals surface area contributed by atoms with Crippen LogP contribution in [0, 0.1) is 0 Å². The molecule has 3 heteroatoms. The van der Waals surface area contributed by atoms with Crippen molar-refractivity contribution in [2.75, 3.05) is 19.6 Å². The summed E-state index contributed by atoms with van der Waals surface area (Å²) < 4.78 is 0. The van der Waals surface area contributed by atoms with Crippen LogP contribution in [0.2, 0.25) is 0 Å². The van der Waals surface area contributed by atoms with E-state index in [1.54, 1.807) is 0 Å². The van der Waals surface area contributed by atoms with Crippen LogP contribution in [0.1, 0.15) is 38.7 Å². The first-order valence-electron chi connectivity index (χ1n) is 8.44. The second-order valence-corrected chi connectivity index (χ2v) is 6.51. The van der Waals surface area contributed by atoms with Gasteiger partial charge in [-0.1, -0.05) is 43.3 Å². The Bertz CT molecular complexity index is 538. The molecule has 0 N–H and O–H groups in total. The third kappa shape index (κ3) is 3.09. The van der Waals surface area contributed by atoms with E-state index in [1.165, 1.54) is 24.0 Å². The number of hydrogen-bond acceptors (Lipinski definition) is 2. The molecule has 0 aliphatic carbocycles. The molecule has 2 atom stereocenters. The highest BCUT2D eigenvalue weighted by atomic mass is 16.2. The molecular weight excluding hydrogens is 272 g/mol. The summed E-state index contributed by atoms with van der Waals surface area (Å²) in [5.74, 6) is 0.336. The van der Waals surface area contributed by atoms with E-state index in [0.717, 1.165) is 19.6 Å². The molecule has 0 aromatic heterocycles. The van der Waals surface area contributed by atoms with E-state index in [1.807, 2.05) is 6.92 Å². The summed E-state index contributed by atoms with van der Waals surface area (Å²) in [6, 6.07) is 11.4. The van der Waals surface area contributed by atoms with Crippen molar-refractivity contribution >= 4 is 11.5 Å². The summed E-state index contributed by atoms with van der Waals surface area (Å²) in [6.07, 6.45) is 5.31. The van der Waals surface area contributed by atoms with Crippen molar-refractivity contribution in [3.8, 4) is 0 Å². The smallest absolute Gasteiger partial charge is 0.222 e. The SMILES string of the molecule is CCC(=O)N1[C@H]2CC[C@H]1CN(C/C=C(\C)c1ccccc1)C2. The number of piperazine rings is 1. The monoisotopic (exact) mass is 298 g/mol. The molecule has 2 fully saturated rings. The Kier molecular flexibility index (Phi) is 4.63. The highest BCUT2D eigenvalue weighted by Crippen LogP contribution is 2.30. The Morgan fingerprint density at radius 1 is 1.18 bits per heavy atom. The summed E-state index contributed by atoms with van der Waals surface area (Å²) in [6.45, 7) is 7.20. The van der Waals surface area contributed by atoms with Gasteiger partial charge in [0.2, 0.25) is 5.91 Å². The number of carbonyl (C=O) groups is 1. The van der Waals surface area contributed by atoms with E-state index in [-0.39, 0.29) is 0 Å². The first-order chi connectivity index (χ1) is 10.7. The lowest BCUT2D eigenvalue weighted by Gasteiger charge is -2.40. The fourth-order valence-corrected chi connectivity index (χ4v) is 3.81. The maximum atomic E-state index is 12.1. The Hall–Kier alpha value is -1.61. The quantitative estimate of drug-likeness (QED) is 0.852. The van der Waals surface area contributed by atoms with Gasteiger partial charge in [-0.25, -0.2) is 0 Å². The third-order valence-electron chi connectivity index (χ3n) is 5.03. The van der Waals surface area contributed by atoms with Gasteiger partial charge in [0.05, 0.1) is 0 Å². The van der Waals surface area contributed by atoms with E-state index in [4.69, 9.17) is 0 Å². The Morgan fingerprint density at radius 3 is 2.41 bits per heavy atom. The van der Waals surface area contributed by atoms with Gasteiger partial charge in [-0.3, -0.25) is 9.69 Å². The Morgan fingerprint density at radius 2 is 1.82 bits per heavy atom. The van der Waals surface area contributed by atoms with Crippen LogP contribution in [-0.4, -0.2) is 47.4 Å². The van der Waals surface area contributed by atoms with Gasteiger partial charge in [-0.05, 0) is 30.9 Å². The Labute approximate surface area is 133 Å². The highest BCUT2D eigenvalue weighted by molar-refractivity contribution is 5.77. The van der Waals surface area contributed by atoms with Crippen LogP contribution in [0.4, 0.5) is 0 Å². The lowest BCUT2D eigenvalue weighted by atomic mass is 10.1. The zero-order valence-electron chi connectivity index (χ0n) is 13.7. The normalized spacial score (nSPS) is 25.5. The maximum Gasteiger partial charge on any atom is 0.222 e. The second kappa shape index (κ2) is 6.66. The van der Waals surface area contributed by atoms with E-state index < -0.39 is 0 Å². The highest BCUT2D eigenvalue weighted by Gasteiger charge is 2.41. The van der Waals surface area contributed by atoms with Crippen LogP contribution >= 0.6 is 0 Å². The molecule has 2 aliphatic rings. The topological polar surface area (TPSA) is 23.6 Å². The molecule has 118 valence electrons. The molecular formula is C19H26N2O. The predicted molar refractivity (Wildman–Crippen MR) is 90.5 cm³/mol. The van der Waals surface area contributed by atoms with Crippen LogP contribution in [0.15, 0.2) is 36.4 Å². The van der Waals surface area contributed by atoms with Crippen LogP contribution in [0.3, 0.4) is 0 Å². The largest absolute Gasteiger partial charge is 0.334 e. The molecule has 22 heavy (non-hydrogen) atoms. The number of carbonyl (C=O) groups excluding carboxylic acids is 1. The molecule has 2 bridgehead atoms. The van der Waals surface area contributed by atoms with Gasteiger partial charge in [0.15, 0.2) is 0 Å². The predicted octanol–water partition coefficient (Wildman–Crippen LogP) is 3.18. The summed E-state index contributed by atoms with van der Waals surface area (Å²) in [7, 11) is 0. The molecule has 2 aliphatic heterocycles. The van der Waals surface area contributed by atoms with Gasteiger partial charge in [0, 0.05) is 38.1 Å². The Balaban J connectivity index is 1.61. The van der Waals surface area contributed by atoms with Gasteiger partial charge in [0.25, 0.3) is 0 Å². The van der Waals surface area contributed by atoms with Crippen molar-refractivity contribution in [1.29, 1.82) is 0 Å². The second-order valence-electron chi connectivity index (χ2n) is 6.51. The van der Waals surface area contributed by atoms with Gasteiger partial charge >= 0.3 is 0 Å². The van der Waals surface area contributed by atoms with Crippen LogP contribution < -0.4 is 0 Å². The number of allylic oxidation sites excluding steroid dienone is 1. The van der Waals surface area contributed by atoms with Crippen molar-refractivity contribution in [1.82, 2.24) is 9.80 Å². The molecule has 0 radical (unpaired) electrons. The standard InChI is InChI=1S/C19H26N2O/c1-3-19(22)21-17-9-10-18(21)14-20(13-17)12-11-15(2)16-7-5-4-6-8-16/h4-8,11,17-18H,3,9-10,12-14H2,1-2H3/b15-11+/t17-,18-/m0/s1. The lowest BCUT2D eigenvalue weighted by molar-refractivity contribution is -0.136. The number of fused-ring (bicyclic) bond motifs is 2. The average Bonchev–Trinajstić information content (AvgIpc) is 2.83. The van der Waals surface area contributed by atoms with Crippen molar-refractivity contribution in [3.05, 3.63) is 42.0 Å². The molecule has 1 amide bonds. The molecule has 3 rings (SSSR count). The van der Waals surface area contributed by atoms with Crippen molar-refractivity contribution in [3.63, 3.8) is 0 Å². The van der Waals surface area contributed by atoms with E-state index in [9.17, 15) is 4.79 Å². The molecule has 0 saturated carbocycles. The molecule has 0 unspecified atom stereocenters. The molecule has 1 aromatic carbocycles. The molecule has 2 saturated heterocycles. The maximum absolute atomic E-state index is 12.1. The minimum Gasteiger partial charge on any atom is -0.334 e. The summed E-state index contributed by atoms with van der Waals surface area (Å²) in [5.41, 5.74) is 2.63. The lowest BCUT2D eigenvalue weighted by Crippen LogP contribution is -2.55. The first-order valence-corrected chi connectivity index (χ1v) is 8.44. The fourth-order valence-electron chi connectivity index (χ4n) is 3.81. The summed E-state index contributed by atoms with van der Waals surface area (Å²) >= 11 is 0. The average molecular weight is 298 g/mol. The summed E-state index contributed by atoms with van der Waals surface area (Å²) in [5, 5.41) is 0. The first kappa shape index (κ1) is 15.3. The van der Waals surface area contributed by atoms with Gasteiger partial charge in [-0.2, -0.15) is 0 Å². The number of nitrogens with zero attached hydrogens (tertiary/aromatic N) is 2. The van der Waals surface area contributed by atoms with Gasteiger partial charge in [-0.15, -0.1) is 0 Å². The minimum atomic E-state index is 0.336. The number of hydrogen-bond donors (Lipinski definition) is 0. The van der Waals surface area contributed by atoms with Gasteiger partial charge < -0.3 is 4.90 Å². The number of likely N-dealkylation sites (tertiary alicyclic amines) is 1. The minimum absolute atomic E-state index is 0.336. The number of rotatable bonds is 4. The fraction of sp³-hybridized carbons (Fsp3) is 0.526. The van der Waals surface area contributed by atoms with E-state index in [2.05, 4.69) is 53.1 Å². The van der Waals surface area contributed by atoms with Crippen LogP contribution in [0.5, 0.6) is 0 Å². The zero-order chi connectivity index (χ0) is 15.5. The third-order valence-corrected chi connectivity index (χ3v) is 5.03. The molecule has 0 spiro atoms. The van der Waals surface area contributed by atoms with Crippen molar-refractivity contribution < 1.29 is 4.79 Å². The van der Waals surface area contributed by atoms with E-state index >= 15 is 0 Å². The van der Waals surface area contributed by atoms with E-state index in [0.29, 0.717) is 24.4 Å². The summed E-state index contributed by atoms with van der Waals surface area (Å²) in [4.78, 5) is 16.8. The van der Waals surface area contributed by atoms with Crippen molar-refractivity contribution in [2.45, 2.75) is 45.2 Å². The van der Waals surface area contributed by atoms with Crippen molar-refractivity contribution in [2.24, 2.45) is 0 Å². The molecule has 1 aromatic rings. The van der Waals surface area contributed by atoms with Crippen LogP contribution in [-0.2, 0) is 4.79 Å². The molecule has 2 heterocycles. The number of benzene rings is 1.